The van der Waals surface area contributed by atoms with E-state index in [-0.39, 0.29) is 28.6 Å². The number of hydrogen-bond donors (Lipinski definition) is 1. The van der Waals surface area contributed by atoms with Crippen LogP contribution in [0.15, 0.2) is 71.6 Å². The fraction of sp³-hybridized carbons (Fsp3) is 0.174. The van der Waals surface area contributed by atoms with Crippen molar-refractivity contribution in [1.29, 1.82) is 0 Å². The van der Waals surface area contributed by atoms with Crippen LogP contribution in [-0.2, 0) is 10.0 Å². The molecule has 1 aliphatic rings. The quantitative estimate of drug-likeness (QED) is 0.533. The Morgan fingerprint density at radius 2 is 1.64 bits per heavy atom. The maximum Gasteiger partial charge on any atom is 0.258 e. The number of benzene rings is 3. The lowest BCUT2D eigenvalue weighted by Gasteiger charge is -2.35. The van der Waals surface area contributed by atoms with E-state index in [4.69, 9.17) is 23.2 Å². The summed E-state index contributed by atoms with van der Waals surface area (Å²) < 4.78 is 42.1. The van der Waals surface area contributed by atoms with Crippen LogP contribution in [-0.4, -0.2) is 44.8 Å². The number of carbonyl (C=O) groups is 1. The maximum atomic E-state index is 14.4. The Kier molecular flexibility index (Phi) is 6.90. The number of amides is 1. The molecule has 4 rings (SSSR count). The molecule has 0 atom stereocenters. The topological polar surface area (TPSA) is 69.7 Å². The normalized spacial score (nSPS) is 14.8. The first kappa shape index (κ1) is 23.5. The Hall–Kier alpha value is -2.65. The number of carbonyl (C=O) groups excluding carboxylic acids is 1. The molecule has 1 saturated heterocycles. The van der Waals surface area contributed by atoms with Gasteiger partial charge in [-0.1, -0.05) is 41.4 Å². The number of nitrogens with one attached hydrogen (secondary N) is 1. The minimum Gasteiger partial charge on any atom is -0.369 e. The van der Waals surface area contributed by atoms with Crippen LogP contribution in [0, 0.1) is 5.82 Å². The molecule has 0 radical (unpaired) electrons. The highest BCUT2D eigenvalue weighted by molar-refractivity contribution is 7.89. The molecule has 10 heteroatoms. The highest BCUT2D eigenvalue weighted by atomic mass is 35.5. The fourth-order valence-corrected chi connectivity index (χ4v) is 5.42. The summed E-state index contributed by atoms with van der Waals surface area (Å²) in [5.74, 6) is -1.62. The Balaban J connectivity index is 1.51. The second-order valence-electron chi connectivity index (χ2n) is 7.45. The summed E-state index contributed by atoms with van der Waals surface area (Å²) in [6.07, 6.45) is 0. The highest BCUT2D eigenvalue weighted by Gasteiger charge is 2.30. The summed E-state index contributed by atoms with van der Waals surface area (Å²) in [5, 5.41) is 3.41. The Labute approximate surface area is 201 Å². The number of piperazine rings is 1. The van der Waals surface area contributed by atoms with Crippen molar-refractivity contribution >= 4 is 50.5 Å². The lowest BCUT2D eigenvalue weighted by atomic mass is 10.2. The van der Waals surface area contributed by atoms with Crippen molar-refractivity contribution in [3.8, 4) is 0 Å². The fourth-order valence-electron chi connectivity index (χ4n) is 3.60. The van der Waals surface area contributed by atoms with Gasteiger partial charge >= 0.3 is 0 Å². The van der Waals surface area contributed by atoms with Crippen LogP contribution in [0.1, 0.15) is 10.4 Å². The van der Waals surface area contributed by atoms with Gasteiger partial charge in [-0.3, -0.25) is 4.79 Å². The van der Waals surface area contributed by atoms with Crippen molar-refractivity contribution in [3.05, 3.63) is 88.2 Å². The SMILES string of the molecule is O=C(Nc1ccccc1Cl)c1cc(S(=O)(=O)N2CCN(c3cccc(Cl)c3)CC2)ccc1F. The first-order valence-corrected chi connectivity index (χ1v) is 12.3. The van der Waals surface area contributed by atoms with Gasteiger partial charge in [0.2, 0.25) is 10.0 Å². The van der Waals surface area contributed by atoms with Gasteiger partial charge in [-0.15, -0.1) is 0 Å². The summed E-state index contributed by atoms with van der Waals surface area (Å²) in [7, 11) is -3.92. The number of halogens is 3. The molecule has 172 valence electrons. The van der Waals surface area contributed by atoms with Crippen LogP contribution in [0.3, 0.4) is 0 Å². The molecule has 3 aromatic carbocycles. The molecule has 3 aromatic rings. The van der Waals surface area contributed by atoms with E-state index in [1.807, 2.05) is 23.1 Å². The Morgan fingerprint density at radius 3 is 2.33 bits per heavy atom. The largest absolute Gasteiger partial charge is 0.369 e. The number of rotatable bonds is 5. The summed E-state index contributed by atoms with van der Waals surface area (Å²) in [6, 6.07) is 17.1. The highest BCUT2D eigenvalue weighted by Crippen LogP contribution is 2.26. The first-order chi connectivity index (χ1) is 15.8. The third kappa shape index (κ3) is 5.14. The van der Waals surface area contributed by atoms with E-state index in [1.54, 1.807) is 30.3 Å². The van der Waals surface area contributed by atoms with E-state index >= 15 is 0 Å². The number of sulfonamides is 1. The van der Waals surface area contributed by atoms with E-state index in [0.717, 1.165) is 17.8 Å². The lowest BCUT2D eigenvalue weighted by molar-refractivity contribution is 0.102. The number of para-hydroxylation sites is 1. The second kappa shape index (κ2) is 9.69. The average Bonchev–Trinajstić information content (AvgIpc) is 2.81. The van der Waals surface area contributed by atoms with Gasteiger partial charge in [-0.05, 0) is 48.5 Å². The van der Waals surface area contributed by atoms with Gasteiger partial charge in [0.05, 0.1) is 21.2 Å². The van der Waals surface area contributed by atoms with Crippen molar-refractivity contribution in [2.75, 3.05) is 36.4 Å². The molecule has 1 amide bonds. The van der Waals surface area contributed by atoms with E-state index in [0.29, 0.717) is 23.8 Å². The zero-order valence-corrected chi connectivity index (χ0v) is 19.7. The molecule has 1 N–H and O–H groups in total. The number of nitrogens with zero attached hydrogens (tertiary/aromatic N) is 2. The van der Waals surface area contributed by atoms with Gasteiger partial charge < -0.3 is 10.2 Å². The van der Waals surface area contributed by atoms with Crippen LogP contribution in [0.2, 0.25) is 10.0 Å². The molecule has 0 aliphatic carbocycles. The third-order valence-corrected chi connectivity index (χ3v) is 7.81. The molecule has 0 unspecified atom stereocenters. The van der Waals surface area contributed by atoms with Crippen LogP contribution >= 0.6 is 23.2 Å². The average molecular weight is 508 g/mol. The van der Waals surface area contributed by atoms with Gasteiger partial charge in [0.25, 0.3) is 5.91 Å². The lowest BCUT2D eigenvalue weighted by Crippen LogP contribution is -2.48. The number of hydrogen-bond acceptors (Lipinski definition) is 4. The minimum atomic E-state index is -3.92. The summed E-state index contributed by atoms with van der Waals surface area (Å²) in [6.45, 7) is 1.43. The predicted octanol–water partition coefficient (Wildman–Crippen LogP) is 4.90. The smallest absolute Gasteiger partial charge is 0.258 e. The minimum absolute atomic E-state index is 0.149. The van der Waals surface area contributed by atoms with Crippen LogP contribution in [0.5, 0.6) is 0 Å². The first-order valence-electron chi connectivity index (χ1n) is 10.1. The molecular weight excluding hydrogens is 488 g/mol. The van der Waals surface area contributed by atoms with E-state index < -0.39 is 21.7 Å². The molecule has 1 aliphatic heterocycles. The van der Waals surface area contributed by atoms with E-state index in [1.165, 1.54) is 10.4 Å². The molecule has 0 saturated carbocycles. The molecule has 33 heavy (non-hydrogen) atoms. The second-order valence-corrected chi connectivity index (χ2v) is 10.2. The van der Waals surface area contributed by atoms with Crippen molar-refractivity contribution in [2.24, 2.45) is 0 Å². The van der Waals surface area contributed by atoms with Crippen molar-refractivity contribution in [2.45, 2.75) is 4.90 Å². The third-order valence-electron chi connectivity index (χ3n) is 5.35. The van der Waals surface area contributed by atoms with Crippen molar-refractivity contribution < 1.29 is 17.6 Å². The van der Waals surface area contributed by atoms with E-state index in [2.05, 4.69) is 5.32 Å². The molecule has 1 heterocycles. The van der Waals surface area contributed by atoms with Crippen LogP contribution in [0.4, 0.5) is 15.8 Å². The molecule has 0 aromatic heterocycles. The van der Waals surface area contributed by atoms with Gasteiger partial charge in [-0.2, -0.15) is 4.31 Å². The van der Waals surface area contributed by atoms with Gasteiger partial charge in [0.1, 0.15) is 5.82 Å². The Bertz CT molecular complexity index is 1300. The van der Waals surface area contributed by atoms with Crippen LogP contribution < -0.4 is 10.2 Å². The van der Waals surface area contributed by atoms with Gasteiger partial charge in [0.15, 0.2) is 0 Å². The zero-order chi connectivity index (χ0) is 23.6. The predicted molar refractivity (Wildman–Crippen MR) is 128 cm³/mol. The van der Waals surface area contributed by atoms with Crippen molar-refractivity contribution in [1.82, 2.24) is 4.31 Å². The molecule has 0 spiro atoms. The number of anilines is 2. The summed E-state index contributed by atoms with van der Waals surface area (Å²) >= 11 is 12.1. The maximum absolute atomic E-state index is 14.4. The zero-order valence-electron chi connectivity index (χ0n) is 17.3. The Morgan fingerprint density at radius 1 is 0.909 bits per heavy atom. The summed E-state index contributed by atoms with van der Waals surface area (Å²) in [5.41, 5.74) is 0.836. The monoisotopic (exact) mass is 507 g/mol. The van der Waals surface area contributed by atoms with Crippen molar-refractivity contribution in [3.63, 3.8) is 0 Å². The molecule has 6 nitrogen and oxygen atoms in total. The molecular formula is C23H20Cl2FN3O3S. The molecule has 1 fully saturated rings. The van der Waals surface area contributed by atoms with Gasteiger partial charge in [-0.25, -0.2) is 12.8 Å². The molecule has 0 bridgehead atoms. The van der Waals surface area contributed by atoms with Gasteiger partial charge in [0, 0.05) is 36.9 Å². The van der Waals surface area contributed by atoms with E-state index in [9.17, 15) is 17.6 Å². The standard InChI is InChI=1S/C23H20Cl2FN3O3S/c24-16-4-3-5-17(14-16)28-10-12-29(13-11-28)33(31,32)18-8-9-21(26)19(15-18)23(30)27-22-7-2-1-6-20(22)25/h1-9,14-15H,10-13H2,(H,27,30). The van der Waals surface area contributed by atoms with Crippen LogP contribution in [0.25, 0.3) is 0 Å². The summed E-state index contributed by atoms with van der Waals surface area (Å²) in [4.78, 5) is 14.5.